The minimum absolute atomic E-state index is 0.223. The smallest absolute Gasteiger partial charge is 0.291 e. The van der Waals surface area contributed by atoms with E-state index in [1.54, 1.807) is 47.3 Å². The van der Waals surface area contributed by atoms with Gasteiger partial charge < -0.3 is 9.73 Å². The summed E-state index contributed by atoms with van der Waals surface area (Å²) in [6.45, 7) is 0.449. The van der Waals surface area contributed by atoms with Crippen molar-refractivity contribution in [3.8, 4) is 0 Å². The average molecular weight is 381 g/mol. The summed E-state index contributed by atoms with van der Waals surface area (Å²) in [5.74, 6) is 0.516. The van der Waals surface area contributed by atoms with Crippen LogP contribution in [0.5, 0.6) is 0 Å². The van der Waals surface area contributed by atoms with Crippen LogP contribution in [-0.2, 0) is 6.54 Å². The number of halogens is 2. The molecule has 0 saturated heterocycles. The van der Waals surface area contributed by atoms with Crippen LogP contribution in [0.1, 0.15) is 16.3 Å². The molecule has 0 aliphatic carbocycles. The summed E-state index contributed by atoms with van der Waals surface area (Å²) >= 11 is 9.34. The molecule has 5 nitrogen and oxygen atoms in total. The molecule has 3 aromatic rings. The molecule has 1 N–H and O–H groups in total. The highest BCUT2D eigenvalue weighted by Gasteiger charge is 2.13. The second-order valence-corrected chi connectivity index (χ2v) is 5.88. The standard InChI is InChI=1S/C15H11BrClN3O2/c16-10-7-18-20(8-10)9-11-5-6-14(22-11)15(21)19-13-4-2-1-3-12(13)17/h1-8H,9H2,(H,19,21). The number of anilines is 1. The van der Waals surface area contributed by atoms with Crippen molar-refractivity contribution in [2.75, 3.05) is 5.32 Å². The predicted molar refractivity (Wildman–Crippen MR) is 87.1 cm³/mol. The quantitative estimate of drug-likeness (QED) is 0.738. The van der Waals surface area contributed by atoms with Crippen molar-refractivity contribution in [2.24, 2.45) is 0 Å². The topological polar surface area (TPSA) is 60.1 Å². The van der Waals surface area contributed by atoms with E-state index in [4.69, 9.17) is 16.0 Å². The summed E-state index contributed by atoms with van der Waals surface area (Å²) in [5, 5.41) is 7.33. The van der Waals surface area contributed by atoms with Crippen molar-refractivity contribution in [2.45, 2.75) is 6.54 Å². The number of rotatable bonds is 4. The van der Waals surface area contributed by atoms with E-state index < -0.39 is 0 Å². The molecule has 1 amide bonds. The average Bonchev–Trinajstić information content (AvgIpc) is 3.11. The van der Waals surface area contributed by atoms with Crippen LogP contribution in [0.3, 0.4) is 0 Å². The molecule has 0 aliphatic heterocycles. The number of hydrogen-bond donors (Lipinski definition) is 1. The Balaban J connectivity index is 1.70. The number of nitrogens with zero attached hydrogens (tertiary/aromatic N) is 2. The number of carbonyl (C=O) groups excluding carboxylic acids is 1. The van der Waals surface area contributed by atoms with Gasteiger partial charge in [0.25, 0.3) is 5.91 Å². The van der Waals surface area contributed by atoms with E-state index in [1.165, 1.54) is 0 Å². The third-order valence-corrected chi connectivity index (χ3v) is 3.67. The Kier molecular flexibility index (Phi) is 4.31. The van der Waals surface area contributed by atoms with Gasteiger partial charge in [-0.15, -0.1) is 0 Å². The molecule has 22 heavy (non-hydrogen) atoms. The monoisotopic (exact) mass is 379 g/mol. The van der Waals surface area contributed by atoms with Crippen LogP contribution in [0.15, 0.2) is 57.7 Å². The van der Waals surface area contributed by atoms with Gasteiger partial charge in [0.15, 0.2) is 5.76 Å². The van der Waals surface area contributed by atoms with Crippen LogP contribution in [0.4, 0.5) is 5.69 Å². The van der Waals surface area contributed by atoms with Crippen molar-refractivity contribution in [3.63, 3.8) is 0 Å². The van der Waals surface area contributed by atoms with E-state index in [1.807, 2.05) is 6.20 Å². The Morgan fingerprint density at radius 1 is 1.32 bits per heavy atom. The Morgan fingerprint density at radius 2 is 2.14 bits per heavy atom. The van der Waals surface area contributed by atoms with Crippen LogP contribution in [-0.4, -0.2) is 15.7 Å². The minimum atomic E-state index is -0.346. The molecule has 0 aliphatic rings. The molecule has 3 rings (SSSR count). The highest BCUT2D eigenvalue weighted by Crippen LogP contribution is 2.21. The van der Waals surface area contributed by atoms with Gasteiger partial charge in [-0.1, -0.05) is 23.7 Å². The van der Waals surface area contributed by atoms with Crippen LogP contribution in [0.25, 0.3) is 0 Å². The fourth-order valence-corrected chi connectivity index (χ4v) is 2.43. The fourth-order valence-electron chi connectivity index (χ4n) is 1.92. The normalized spacial score (nSPS) is 10.6. The molecule has 112 valence electrons. The van der Waals surface area contributed by atoms with E-state index in [-0.39, 0.29) is 11.7 Å². The lowest BCUT2D eigenvalue weighted by molar-refractivity contribution is 0.0994. The van der Waals surface area contributed by atoms with Crippen molar-refractivity contribution >= 4 is 39.1 Å². The van der Waals surface area contributed by atoms with Gasteiger partial charge in [0.05, 0.1) is 27.9 Å². The summed E-state index contributed by atoms with van der Waals surface area (Å²) in [5.41, 5.74) is 0.545. The number of benzene rings is 1. The molecule has 0 spiro atoms. The van der Waals surface area contributed by atoms with E-state index in [2.05, 4.69) is 26.3 Å². The lowest BCUT2D eigenvalue weighted by atomic mass is 10.3. The summed E-state index contributed by atoms with van der Waals surface area (Å²) in [6, 6.07) is 10.4. The maximum absolute atomic E-state index is 12.1. The highest BCUT2D eigenvalue weighted by atomic mass is 79.9. The second kappa shape index (κ2) is 6.37. The number of carbonyl (C=O) groups is 1. The first-order valence-corrected chi connectivity index (χ1v) is 7.61. The van der Waals surface area contributed by atoms with Crippen LogP contribution >= 0.6 is 27.5 Å². The first-order chi connectivity index (χ1) is 10.6. The molecule has 0 atom stereocenters. The molecule has 7 heteroatoms. The first kappa shape index (κ1) is 14.9. The summed E-state index contributed by atoms with van der Waals surface area (Å²) < 4.78 is 8.13. The van der Waals surface area contributed by atoms with E-state index >= 15 is 0 Å². The van der Waals surface area contributed by atoms with Gasteiger partial charge in [0, 0.05) is 6.20 Å². The van der Waals surface area contributed by atoms with Crippen LogP contribution in [0.2, 0.25) is 5.02 Å². The van der Waals surface area contributed by atoms with Gasteiger partial charge in [-0.2, -0.15) is 5.10 Å². The van der Waals surface area contributed by atoms with E-state index in [0.717, 1.165) is 4.47 Å². The molecule has 0 unspecified atom stereocenters. The molecule has 0 bridgehead atoms. The Bertz CT molecular complexity index is 812. The third kappa shape index (κ3) is 3.40. The number of amides is 1. The largest absolute Gasteiger partial charge is 0.454 e. The summed E-state index contributed by atoms with van der Waals surface area (Å²) in [4.78, 5) is 12.1. The summed E-state index contributed by atoms with van der Waals surface area (Å²) in [7, 11) is 0. The van der Waals surface area contributed by atoms with Gasteiger partial charge in [-0.05, 0) is 40.2 Å². The number of nitrogens with one attached hydrogen (secondary N) is 1. The predicted octanol–water partition coefficient (Wildman–Crippen LogP) is 4.19. The molecule has 0 radical (unpaired) electrons. The number of para-hydroxylation sites is 1. The Labute approximate surface area is 140 Å². The zero-order valence-corrected chi connectivity index (χ0v) is 13.6. The molecule has 0 fully saturated rings. The lowest BCUT2D eigenvalue weighted by Gasteiger charge is -2.04. The number of hydrogen-bond acceptors (Lipinski definition) is 3. The molecule has 0 saturated carbocycles. The molecular formula is C15H11BrClN3O2. The van der Waals surface area contributed by atoms with Gasteiger partial charge in [-0.3, -0.25) is 9.48 Å². The highest BCUT2D eigenvalue weighted by molar-refractivity contribution is 9.10. The number of aromatic nitrogens is 2. The van der Waals surface area contributed by atoms with Crippen LogP contribution in [0, 0.1) is 0 Å². The first-order valence-electron chi connectivity index (χ1n) is 6.44. The molecule has 2 aromatic heterocycles. The second-order valence-electron chi connectivity index (χ2n) is 4.56. The molecule has 2 heterocycles. The summed E-state index contributed by atoms with van der Waals surface area (Å²) in [6.07, 6.45) is 3.51. The molecular weight excluding hydrogens is 370 g/mol. The van der Waals surface area contributed by atoms with E-state index in [9.17, 15) is 4.79 Å². The zero-order valence-electron chi connectivity index (χ0n) is 11.3. The van der Waals surface area contributed by atoms with Crippen molar-refractivity contribution < 1.29 is 9.21 Å². The van der Waals surface area contributed by atoms with Gasteiger partial charge in [-0.25, -0.2) is 0 Å². The Morgan fingerprint density at radius 3 is 2.86 bits per heavy atom. The molecule has 1 aromatic carbocycles. The maximum atomic E-state index is 12.1. The maximum Gasteiger partial charge on any atom is 0.291 e. The zero-order chi connectivity index (χ0) is 15.5. The number of furan rings is 1. The van der Waals surface area contributed by atoms with E-state index in [0.29, 0.717) is 23.0 Å². The lowest BCUT2D eigenvalue weighted by Crippen LogP contribution is -2.11. The fraction of sp³-hybridized carbons (Fsp3) is 0.0667. The third-order valence-electron chi connectivity index (χ3n) is 2.93. The minimum Gasteiger partial charge on any atom is -0.454 e. The Hall–Kier alpha value is -2.05. The van der Waals surface area contributed by atoms with Crippen LogP contribution < -0.4 is 5.32 Å². The SMILES string of the molecule is O=C(Nc1ccccc1Cl)c1ccc(Cn2cc(Br)cn2)o1. The van der Waals surface area contributed by atoms with Crippen molar-refractivity contribution in [1.82, 2.24) is 9.78 Å². The van der Waals surface area contributed by atoms with Gasteiger partial charge in [0.1, 0.15) is 5.76 Å². The van der Waals surface area contributed by atoms with Crippen molar-refractivity contribution in [1.29, 1.82) is 0 Å². The van der Waals surface area contributed by atoms with Crippen molar-refractivity contribution in [3.05, 3.63) is 69.8 Å². The van der Waals surface area contributed by atoms with Gasteiger partial charge in [0.2, 0.25) is 0 Å². The van der Waals surface area contributed by atoms with Gasteiger partial charge >= 0.3 is 0 Å².